The molecule has 2 fully saturated rings. The van der Waals surface area contributed by atoms with Crippen LogP contribution in [0.4, 0.5) is 5.69 Å². The first-order valence-electron chi connectivity index (χ1n) is 12.3. The summed E-state index contributed by atoms with van der Waals surface area (Å²) >= 11 is 0. The number of aromatic nitrogens is 2. The van der Waals surface area contributed by atoms with Crippen LogP contribution in [0.15, 0.2) is 83.7 Å². The van der Waals surface area contributed by atoms with E-state index in [1.807, 2.05) is 60.7 Å². The number of para-hydroxylation sites is 3. The lowest BCUT2D eigenvalue weighted by Crippen LogP contribution is -2.51. The van der Waals surface area contributed by atoms with E-state index in [-0.39, 0.29) is 29.3 Å². The van der Waals surface area contributed by atoms with Crippen LogP contribution in [0, 0.1) is 17.8 Å². The summed E-state index contributed by atoms with van der Waals surface area (Å²) in [4.78, 5) is 48.3. The van der Waals surface area contributed by atoms with Crippen LogP contribution < -0.4 is 15.8 Å². The van der Waals surface area contributed by atoms with Gasteiger partial charge in [-0.2, -0.15) is 0 Å². The second kappa shape index (κ2) is 7.21. The van der Waals surface area contributed by atoms with Crippen LogP contribution in [0.2, 0.25) is 0 Å². The summed E-state index contributed by atoms with van der Waals surface area (Å²) in [7, 11) is 0. The minimum absolute atomic E-state index is 0.0674. The molecule has 4 aromatic rings. The zero-order chi connectivity index (χ0) is 24.8. The van der Waals surface area contributed by atoms with Gasteiger partial charge in [-0.15, -0.1) is 0 Å². The van der Waals surface area contributed by atoms with E-state index < -0.39 is 17.4 Å². The van der Waals surface area contributed by atoms with Crippen molar-refractivity contribution in [1.82, 2.24) is 14.9 Å². The molecule has 4 heterocycles. The Morgan fingerprint density at radius 3 is 2.33 bits per heavy atom. The normalized spacial score (nSPS) is 26.2. The van der Waals surface area contributed by atoms with Gasteiger partial charge >= 0.3 is 0 Å². The number of fused-ring (bicyclic) bond motifs is 8. The lowest BCUT2D eigenvalue weighted by Gasteiger charge is -2.32. The molecule has 0 aliphatic carbocycles. The fourth-order valence-corrected chi connectivity index (χ4v) is 6.56. The summed E-state index contributed by atoms with van der Waals surface area (Å²) in [6.45, 7) is 4.11. The third-order valence-electron chi connectivity index (χ3n) is 8.03. The van der Waals surface area contributed by atoms with Crippen molar-refractivity contribution in [3.05, 3.63) is 101 Å². The molecule has 7 heteroatoms. The van der Waals surface area contributed by atoms with Crippen LogP contribution >= 0.6 is 0 Å². The van der Waals surface area contributed by atoms with Gasteiger partial charge in [0.2, 0.25) is 11.8 Å². The molecule has 0 bridgehead atoms. The maximum absolute atomic E-state index is 14.2. The first-order chi connectivity index (χ1) is 17.4. The first-order valence-corrected chi connectivity index (χ1v) is 12.3. The molecule has 4 atom stereocenters. The Morgan fingerprint density at radius 2 is 1.56 bits per heavy atom. The maximum Gasteiger partial charge on any atom is 0.266 e. The molecule has 178 valence electrons. The molecule has 0 radical (unpaired) electrons. The van der Waals surface area contributed by atoms with Crippen molar-refractivity contribution in [2.24, 2.45) is 17.8 Å². The molecule has 1 spiro atoms. The summed E-state index contributed by atoms with van der Waals surface area (Å²) < 4.78 is 1.63. The van der Waals surface area contributed by atoms with Crippen molar-refractivity contribution in [2.45, 2.75) is 25.4 Å². The lowest BCUT2D eigenvalue weighted by molar-refractivity contribution is -0.123. The molecular formula is C29H24N4O3. The predicted molar refractivity (Wildman–Crippen MR) is 136 cm³/mol. The number of carbonyl (C=O) groups excluding carboxylic acids is 2. The highest BCUT2D eigenvalue weighted by atomic mass is 16.2. The number of benzene rings is 3. The Labute approximate surface area is 207 Å². The van der Waals surface area contributed by atoms with Crippen LogP contribution in [0.3, 0.4) is 0 Å². The van der Waals surface area contributed by atoms with Gasteiger partial charge in [-0.3, -0.25) is 24.3 Å². The van der Waals surface area contributed by atoms with Gasteiger partial charge in [0, 0.05) is 11.6 Å². The molecular weight excluding hydrogens is 452 g/mol. The second-order valence-electron chi connectivity index (χ2n) is 10.2. The summed E-state index contributed by atoms with van der Waals surface area (Å²) in [6, 6.07) is 23.7. The number of amides is 2. The van der Waals surface area contributed by atoms with Crippen LogP contribution in [0.25, 0.3) is 16.6 Å². The summed E-state index contributed by atoms with van der Waals surface area (Å²) in [5.74, 6) is -1.25. The van der Waals surface area contributed by atoms with E-state index in [4.69, 9.17) is 4.98 Å². The summed E-state index contributed by atoms with van der Waals surface area (Å²) in [5.41, 5.74) is 1.36. The van der Waals surface area contributed by atoms with Gasteiger partial charge in [-0.1, -0.05) is 62.4 Å². The number of nitrogens with one attached hydrogen (secondary N) is 1. The molecule has 3 aromatic carbocycles. The summed E-state index contributed by atoms with van der Waals surface area (Å²) in [6.07, 6.45) is 0. The molecule has 7 rings (SSSR count). The number of rotatable bonds is 2. The van der Waals surface area contributed by atoms with Crippen molar-refractivity contribution >= 4 is 28.4 Å². The number of nitrogens with zero attached hydrogens (tertiary/aromatic N) is 3. The molecule has 3 aliphatic heterocycles. The van der Waals surface area contributed by atoms with Crippen molar-refractivity contribution in [3.63, 3.8) is 0 Å². The van der Waals surface area contributed by atoms with Gasteiger partial charge in [0.1, 0.15) is 11.4 Å². The molecule has 1 N–H and O–H groups in total. The van der Waals surface area contributed by atoms with Crippen molar-refractivity contribution in [2.75, 3.05) is 4.90 Å². The van der Waals surface area contributed by atoms with Crippen LogP contribution in [0.1, 0.15) is 25.2 Å². The number of anilines is 1. The lowest BCUT2D eigenvalue weighted by atomic mass is 9.75. The number of carbonyl (C=O) groups is 2. The van der Waals surface area contributed by atoms with E-state index in [9.17, 15) is 14.4 Å². The Morgan fingerprint density at radius 1 is 0.861 bits per heavy atom. The fourth-order valence-electron chi connectivity index (χ4n) is 6.56. The highest BCUT2D eigenvalue weighted by molar-refractivity contribution is 6.23. The number of hydrogen-bond acceptors (Lipinski definition) is 5. The first kappa shape index (κ1) is 21.2. The third kappa shape index (κ3) is 2.45. The molecule has 36 heavy (non-hydrogen) atoms. The second-order valence-corrected chi connectivity index (χ2v) is 10.2. The molecule has 1 aromatic heterocycles. The van der Waals surface area contributed by atoms with E-state index >= 15 is 0 Å². The molecule has 4 unspecified atom stereocenters. The maximum atomic E-state index is 14.2. The van der Waals surface area contributed by atoms with Gasteiger partial charge in [-0.25, -0.2) is 9.88 Å². The SMILES string of the molecule is CC(C)C1NC2(c3ccccc3-n3c2nc2ccccc2c3=O)C2C(=O)N(c3ccccc3)C(=O)C12. The fraction of sp³-hybridized carbons (Fsp3) is 0.241. The van der Waals surface area contributed by atoms with Gasteiger partial charge in [0.15, 0.2) is 0 Å². The Hall–Kier alpha value is -4.10. The smallest absolute Gasteiger partial charge is 0.266 e. The molecule has 3 aliphatic rings. The standard InChI is InChI=1S/C29H24N4O3/c1-16(2)24-22-23(27(36)32(26(22)35)17-10-4-3-5-11-17)29(31-24)19-13-7-9-15-21(19)33-25(34)18-12-6-8-14-20(18)30-28(29)33/h3-16,22-24,31H,1-2H3. The highest BCUT2D eigenvalue weighted by Crippen LogP contribution is 2.56. The molecule has 0 saturated carbocycles. The van der Waals surface area contributed by atoms with Gasteiger partial charge < -0.3 is 0 Å². The van der Waals surface area contributed by atoms with Crippen LogP contribution in [-0.2, 0) is 15.1 Å². The van der Waals surface area contributed by atoms with Crippen molar-refractivity contribution in [3.8, 4) is 5.69 Å². The molecule has 2 amide bonds. The van der Waals surface area contributed by atoms with Crippen LogP contribution in [-0.4, -0.2) is 27.4 Å². The molecule has 7 nitrogen and oxygen atoms in total. The van der Waals surface area contributed by atoms with Gasteiger partial charge in [0.25, 0.3) is 5.56 Å². The summed E-state index contributed by atoms with van der Waals surface area (Å²) in [5, 5.41) is 4.23. The van der Waals surface area contributed by atoms with E-state index in [1.165, 1.54) is 4.90 Å². The quantitative estimate of drug-likeness (QED) is 0.449. The van der Waals surface area contributed by atoms with Crippen molar-refractivity contribution in [1.29, 1.82) is 0 Å². The molecule has 2 saturated heterocycles. The minimum Gasteiger partial charge on any atom is -0.296 e. The predicted octanol–water partition coefficient (Wildman–Crippen LogP) is 3.38. The van der Waals surface area contributed by atoms with E-state index in [1.54, 1.807) is 22.8 Å². The average Bonchev–Trinajstić information content (AvgIpc) is 3.48. The largest absolute Gasteiger partial charge is 0.296 e. The Balaban J connectivity index is 1.55. The Kier molecular flexibility index (Phi) is 4.25. The Bertz CT molecular complexity index is 1640. The monoisotopic (exact) mass is 476 g/mol. The average molecular weight is 477 g/mol. The number of imide groups is 1. The van der Waals surface area contributed by atoms with Gasteiger partial charge in [-0.05, 0) is 36.2 Å². The topological polar surface area (TPSA) is 84.3 Å². The number of hydrogen-bond donors (Lipinski definition) is 1. The van der Waals surface area contributed by atoms with E-state index in [0.717, 1.165) is 5.56 Å². The van der Waals surface area contributed by atoms with E-state index in [2.05, 4.69) is 19.2 Å². The van der Waals surface area contributed by atoms with Gasteiger partial charge in [0.05, 0.1) is 34.1 Å². The zero-order valence-corrected chi connectivity index (χ0v) is 19.9. The zero-order valence-electron chi connectivity index (χ0n) is 19.9. The third-order valence-corrected chi connectivity index (χ3v) is 8.03. The highest BCUT2D eigenvalue weighted by Gasteiger charge is 2.70. The van der Waals surface area contributed by atoms with E-state index in [0.29, 0.717) is 28.1 Å². The minimum atomic E-state index is -1.10. The van der Waals surface area contributed by atoms with Crippen LogP contribution in [0.5, 0.6) is 0 Å². The van der Waals surface area contributed by atoms with Crippen molar-refractivity contribution < 1.29 is 9.59 Å².